The van der Waals surface area contributed by atoms with E-state index in [-0.39, 0.29) is 16.8 Å². The van der Waals surface area contributed by atoms with Crippen molar-refractivity contribution < 1.29 is 23.9 Å². The summed E-state index contributed by atoms with van der Waals surface area (Å²) in [6, 6.07) is 21.4. The summed E-state index contributed by atoms with van der Waals surface area (Å²) >= 11 is 1.54. The zero-order valence-electron chi connectivity index (χ0n) is 17.1. The molecular formula is C24H21NO5S. The van der Waals surface area contributed by atoms with Crippen LogP contribution in [0.4, 0.5) is 5.69 Å². The van der Waals surface area contributed by atoms with Gasteiger partial charge in [0.05, 0.1) is 36.6 Å². The van der Waals surface area contributed by atoms with Gasteiger partial charge < -0.3 is 14.8 Å². The predicted molar refractivity (Wildman–Crippen MR) is 120 cm³/mol. The van der Waals surface area contributed by atoms with Crippen LogP contribution in [0.25, 0.3) is 0 Å². The van der Waals surface area contributed by atoms with E-state index in [9.17, 15) is 14.4 Å². The summed E-state index contributed by atoms with van der Waals surface area (Å²) in [5.41, 5.74) is 2.11. The van der Waals surface area contributed by atoms with Crippen molar-refractivity contribution in [2.75, 3.05) is 19.5 Å². The number of carbonyl (C=O) groups is 3. The number of hydrogen-bond donors (Lipinski definition) is 1. The van der Waals surface area contributed by atoms with Gasteiger partial charge in [0.15, 0.2) is 0 Å². The van der Waals surface area contributed by atoms with Crippen molar-refractivity contribution in [3.05, 3.63) is 95.1 Å². The second-order valence-electron chi connectivity index (χ2n) is 6.47. The highest BCUT2D eigenvalue weighted by Crippen LogP contribution is 2.28. The molecule has 0 bridgehead atoms. The lowest BCUT2D eigenvalue weighted by molar-refractivity contribution is 0.0587. The van der Waals surface area contributed by atoms with Crippen LogP contribution in [0, 0.1) is 0 Å². The van der Waals surface area contributed by atoms with Gasteiger partial charge in [-0.2, -0.15) is 0 Å². The van der Waals surface area contributed by atoms with Gasteiger partial charge >= 0.3 is 11.9 Å². The first-order chi connectivity index (χ1) is 15.0. The van der Waals surface area contributed by atoms with Gasteiger partial charge in [-0.15, -0.1) is 11.8 Å². The summed E-state index contributed by atoms with van der Waals surface area (Å²) in [6.45, 7) is 0. The molecule has 0 aromatic heterocycles. The Kier molecular flexibility index (Phi) is 7.45. The van der Waals surface area contributed by atoms with Crippen LogP contribution in [0.5, 0.6) is 0 Å². The third-order valence-electron chi connectivity index (χ3n) is 4.46. The SMILES string of the molecule is COC(=O)c1ccc(C(=O)OC)c(NC(=O)c2ccccc2SCc2ccccc2)c1. The van der Waals surface area contributed by atoms with Crippen molar-refractivity contribution in [3.8, 4) is 0 Å². The Hall–Kier alpha value is -3.58. The largest absolute Gasteiger partial charge is 0.465 e. The molecule has 1 amide bonds. The van der Waals surface area contributed by atoms with Crippen molar-refractivity contribution in [1.82, 2.24) is 0 Å². The van der Waals surface area contributed by atoms with Crippen LogP contribution in [-0.4, -0.2) is 32.1 Å². The van der Waals surface area contributed by atoms with Gasteiger partial charge in [0.1, 0.15) is 0 Å². The van der Waals surface area contributed by atoms with Crippen LogP contribution >= 0.6 is 11.8 Å². The van der Waals surface area contributed by atoms with Crippen LogP contribution in [0.2, 0.25) is 0 Å². The van der Waals surface area contributed by atoms with Crippen LogP contribution in [0.1, 0.15) is 36.6 Å². The first kappa shape index (κ1) is 22.1. The highest BCUT2D eigenvalue weighted by Gasteiger charge is 2.19. The van der Waals surface area contributed by atoms with Gasteiger partial charge in [0.2, 0.25) is 0 Å². The lowest BCUT2D eigenvalue weighted by atomic mass is 10.1. The molecule has 0 spiro atoms. The van der Waals surface area contributed by atoms with E-state index in [1.807, 2.05) is 42.5 Å². The Morgan fingerprint density at radius 3 is 2.19 bits per heavy atom. The van der Waals surface area contributed by atoms with E-state index in [0.717, 1.165) is 10.5 Å². The molecule has 3 aromatic rings. The van der Waals surface area contributed by atoms with E-state index in [0.29, 0.717) is 11.3 Å². The first-order valence-corrected chi connectivity index (χ1v) is 10.4. The van der Waals surface area contributed by atoms with Crippen LogP contribution in [-0.2, 0) is 15.2 Å². The van der Waals surface area contributed by atoms with Crippen molar-refractivity contribution >= 4 is 35.3 Å². The molecular weight excluding hydrogens is 414 g/mol. The number of nitrogens with one attached hydrogen (secondary N) is 1. The van der Waals surface area contributed by atoms with E-state index >= 15 is 0 Å². The average molecular weight is 436 g/mol. The standard InChI is InChI=1S/C24H21NO5S/c1-29-23(27)17-12-13-18(24(28)30-2)20(14-17)25-22(26)19-10-6-7-11-21(19)31-15-16-8-4-3-5-9-16/h3-14H,15H2,1-2H3,(H,25,26). The number of rotatable bonds is 7. The highest BCUT2D eigenvalue weighted by molar-refractivity contribution is 7.98. The van der Waals surface area contributed by atoms with Gasteiger partial charge in [-0.05, 0) is 35.9 Å². The fraction of sp³-hybridized carbons (Fsp3) is 0.125. The number of amides is 1. The molecule has 6 nitrogen and oxygen atoms in total. The molecule has 3 aromatic carbocycles. The molecule has 0 heterocycles. The quantitative estimate of drug-likeness (QED) is 0.424. The van der Waals surface area contributed by atoms with E-state index in [4.69, 9.17) is 9.47 Å². The molecule has 0 atom stereocenters. The van der Waals surface area contributed by atoms with Crippen molar-refractivity contribution in [2.24, 2.45) is 0 Å². The predicted octanol–water partition coefficient (Wildman–Crippen LogP) is 4.80. The number of anilines is 1. The highest BCUT2D eigenvalue weighted by atomic mass is 32.2. The Morgan fingerprint density at radius 2 is 1.48 bits per heavy atom. The number of benzene rings is 3. The number of methoxy groups -OCH3 is 2. The fourth-order valence-electron chi connectivity index (χ4n) is 2.89. The molecule has 31 heavy (non-hydrogen) atoms. The summed E-state index contributed by atoms with van der Waals surface area (Å²) in [7, 11) is 2.51. The summed E-state index contributed by atoms with van der Waals surface area (Å²) in [5.74, 6) is -0.899. The van der Waals surface area contributed by atoms with Crippen molar-refractivity contribution in [2.45, 2.75) is 10.6 Å². The van der Waals surface area contributed by atoms with E-state index < -0.39 is 17.8 Å². The molecule has 0 aliphatic carbocycles. The molecule has 0 unspecified atom stereocenters. The van der Waals surface area contributed by atoms with E-state index in [2.05, 4.69) is 5.32 Å². The molecule has 0 saturated heterocycles. The third-order valence-corrected chi connectivity index (χ3v) is 5.61. The second-order valence-corrected chi connectivity index (χ2v) is 7.49. The maximum atomic E-state index is 13.1. The minimum absolute atomic E-state index is 0.137. The zero-order valence-corrected chi connectivity index (χ0v) is 17.9. The van der Waals surface area contributed by atoms with Gasteiger partial charge in [-0.3, -0.25) is 4.79 Å². The molecule has 3 rings (SSSR count). The number of esters is 2. The molecule has 0 aliphatic heterocycles. The number of thioether (sulfide) groups is 1. The Balaban J connectivity index is 1.87. The van der Waals surface area contributed by atoms with E-state index in [1.54, 1.807) is 12.1 Å². The van der Waals surface area contributed by atoms with Crippen LogP contribution in [0.15, 0.2) is 77.7 Å². The number of hydrogen-bond acceptors (Lipinski definition) is 6. The lowest BCUT2D eigenvalue weighted by Crippen LogP contribution is -2.17. The fourth-order valence-corrected chi connectivity index (χ4v) is 3.89. The average Bonchev–Trinajstić information content (AvgIpc) is 2.82. The summed E-state index contributed by atoms with van der Waals surface area (Å²) in [4.78, 5) is 37.9. The van der Waals surface area contributed by atoms with Gasteiger partial charge in [0, 0.05) is 10.6 Å². The van der Waals surface area contributed by atoms with Crippen molar-refractivity contribution in [1.29, 1.82) is 0 Å². The molecule has 158 valence electrons. The first-order valence-electron chi connectivity index (χ1n) is 9.41. The minimum atomic E-state index is -0.626. The van der Waals surface area contributed by atoms with Gasteiger partial charge in [0.25, 0.3) is 5.91 Å². The van der Waals surface area contributed by atoms with Gasteiger partial charge in [-0.1, -0.05) is 42.5 Å². The maximum Gasteiger partial charge on any atom is 0.339 e. The summed E-state index contributed by atoms with van der Waals surface area (Å²) in [5, 5.41) is 2.74. The normalized spacial score (nSPS) is 10.3. The zero-order chi connectivity index (χ0) is 22.2. The Labute approximate surface area is 184 Å². The maximum absolute atomic E-state index is 13.1. The molecule has 0 saturated carbocycles. The molecule has 7 heteroatoms. The topological polar surface area (TPSA) is 81.7 Å². The molecule has 0 aliphatic rings. The smallest absolute Gasteiger partial charge is 0.339 e. The number of carbonyl (C=O) groups excluding carboxylic acids is 3. The molecule has 0 radical (unpaired) electrons. The monoisotopic (exact) mass is 435 g/mol. The Morgan fingerprint density at radius 1 is 0.806 bits per heavy atom. The Bertz CT molecular complexity index is 1100. The lowest BCUT2D eigenvalue weighted by Gasteiger charge is -2.13. The minimum Gasteiger partial charge on any atom is -0.465 e. The molecule has 0 fully saturated rings. The second kappa shape index (κ2) is 10.4. The van der Waals surface area contributed by atoms with E-state index in [1.165, 1.54) is 44.2 Å². The van der Waals surface area contributed by atoms with Crippen LogP contribution in [0.3, 0.4) is 0 Å². The van der Waals surface area contributed by atoms with Crippen molar-refractivity contribution in [3.63, 3.8) is 0 Å². The molecule has 1 N–H and O–H groups in total. The van der Waals surface area contributed by atoms with Crippen LogP contribution < -0.4 is 5.32 Å². The summed E-state index contributed by atoms with van der Waals surface area (Å²) in [6.07, 6.45) is 0. The van der Waals surface area contributed by atoms with Gasteiger partial charge in [-0.25, -0.2) is 9.59 Å². The summed E-state index contributed by atoms with van der Waals surface area (Å²) < 4.78 is 9.52. The third kappa shape index (κ3) is 5.52. The number of ether oxygens (including phenoxy) is 2.